The number of carbonyl (C=O) groups is 1. The summed E-state index contributed by atoms with van der Waals surface area (Å²) in [6.07, 6.45) is 9.51. The number of nitrogens with zero attached hydrogens (tertiary/aromatic N) is 5. The lowest BCUT2D eigenvalue weighted by atomic mass is 9.95. The Kier molecular flexibility index (Phi) is 5.29. The summed E-state index contributed by atoms with van der Waals surface area (Å²) >= 11 is 0. The van der Waals surface area contributed by atoms with E-state index in [1.165, 1.54) is 6.42 Å². The maximum atomic E-state index is 12.9. The van der Waals surface area contributed by atoms with Gasteiger partial charge in [0, 0.05) is 74.7 Å². The van der Waals surface area contributed by atoms with E-state index in [2.05, 4.69) is 25.2 Å². The highest BCUT2D eigenvalue weighted by atomic mass is 16.2. The largest absolute Gasteiger partial charge is 0.355 e. The lowest BCUT2D eigenvalue weighted by Crippen LogP contribution is -2.44. The average Bonchev–Trinajstić information content (AvgIpc) is 3.02. The van der Waals surface area contributed by atoms with Crippen LogP contribution in [0, 0.1) is 5.92 Å². The molecule has 0 radical (unpaired) electrons. The zero-order valence-corrected chi connectivity index (χ0v) is 15.7. The van der Waals surface area contributed by atoms with Crippen LogP contribution in [0.15, 0.2) is 36.9 Å². The van der Waals surface area contributed by atoms with Crippen LogP contribution in [0.3, 0.4) is 0 Å². The summed E-state index contributed by atoms with van der Waals surface area (Å²) < 4.78 is 0. The smallest absolute Gasteiger partial charge is 0.254 e. The number of pyridine rings is 1. The van der Waals surface area contributed by atoms with E-state index in [4.69, 9.17) is 0 Å². The summed E-state index contributed by atoms with van der Waals surface area (Å²) in [5.41, 5.74) is 1.85. The number of amides is 1. The van der Waals surface area contributed by atoms with Crippen molar-refractivity contribution >= 4 is 11.9 Å². The van der Waals surface area contributed by atoms with Crippen molar-refractivity contribution in [2.75, 3.05) is 31.5 Å². The number of fused-ring (bicyclic) bond motifs is 4. The number of carbonyl (C=O) groups excluding carboxylic acids is 1. The molecular formula is C20H26N6O. The van der Waals surface area contributed by atoms with Crippen LogP contribution in [0.25, 0.3) is 0 Å². The van der Waals surface area contributed by atoms with Gasteiger partial charge in [0.15, 0.2) is 0 Å². The van der Waals surface area contributed by atoms with E-state index < -0.39 is 0 Å². The first-order valence-electron chi connectivity index (χ1n) is 9.71. The van der Waals surface area contributed by atoms with Crippen molar-refractivity contribution in [2.24, 2.45) is 5.92 Å². The van der Waals surface area contributed by atoms with Gasteiger partial charge in [0.25, 0.3) is 5.91 Å². The van der Waals surface area contributed by atoms with E-state index in [0.717, 1.165) is 50.3 Å². The molecule has 7 nitrogen and oxygen atoms in total. The molecule has 2 aromatic heterocycles. The Balaban J connectivity index is 1.44. The third-order valence-electron chi connectivity index (χ3n) is 5.47. The predicted octanol–water partition coefficient (Wildman–Crippen LogP) is 2.04. The van der Waals surface area contributed by atoms with E-state index in [-0.39, 0.29) is 5.91 Å². The van der Waals surface area contributed by atoms with Crippen LogP contribution in [0.2, 0.25) is 0 Å². The van der Waals surface area contributed by atoms with E-state index in [1.54, 1.807) is 24.5 Å². The number of nitrogens with one attached hydrogen (secondary N) is 1. The third kappa shape index (κ3) is 4.08. The third-order valence-corrected chi connectivity index (χ3v) is 5.47. The van der Waals surface area contributed by atoms with Crippen molar-refractivity contribution in [3.8, 4) is 0 Å². The number of rotatable bonds is 5. The molecule has 0 aromatic carbocycles. The van der Waals surface area contributed by atoms with Gasteiger partial charge in [0.1, 0.15) is 0 Å². The van der Waals surface area contributed by atoms with Crippen LogP contribution in [0.5, 0.6) is 0 Å². The summed E-state index contributed by atoms with van der Waals surface area (Å²) in [4.78, 5) is 30.2. The molecule has 7 heteroatoms. The maximum Gasteiger partial charge on any atom is 0.254 e. The zero-order valence-electron chi connectivity index (χ0n) is 15.7. The van der Waals surface area contributed by atoms with E-state index in [9.17, 15) is 4.79 Å². The van der Waals surface area contributed by atoms with Crippen molar-refractivity contribution in [3.05, 3.63) is 48.0 Å². The molecule has 3 aliphatic rings. The summed E-state index contributed by atoms with van der Waals surface area (Å²) in [7, 11) is 0. The van der Waals surface area contributed by atoms with Crippen LogP contribution in [-0.4, -0.2) is 62.9 Å². The second-order valence-electron chi connectivity index (χ2n) is 7.42. The SMILES string of the molecule is CCNc1ncc(CN2C[C@H]3CC[C@@H]2CN(C(=O)c2ccncc2)C3)cn1. The average molecular weight is 366 g/mol. The standard InChI is InChI=1S/C20H26N6O/c1-2-22-20-23-9-16(10-24-20)13-25-11-15-3-4-18(25)14-26(12-15)19(27)17-5-7-21-8-6-17/h5-10,15,18H,2-4,11-14H2,1H3,(H,22,23,24)/t15-,18-/m1/s1. The fraction of sp³-hybridized carbons (Fsp3) is 0.500. The fourth-order valence-corrected chi connectivity index (χ4v) is 4.14. The first-order chi connectivity index (χ1) is 13.2. The Morgan fingerprint density at radius 2 is 1.93 bits per heavy atom. The molecule has 3 saturated heterocycles. The van der Waals surface area contributed by atoms with Crippen molar-refractivity contribution in [1.82, 2.24) is 24.8 Å². The van der Waals surface area contributed by atoms with Gasteiger partial charge in [-0.3, -0.25) is 14.7 Å². The molecule has 0 unspecified atom stereocenters. The molecule has 5 rings (SSSR count). The van der Waals surface area contributed by atoms with Gasteiger partial charge in [0.2, 0.25) is 5.95 Å². The van der Waals surface area contributed by atoms with Gasteiger partial charge in [-0.25, -0.2) is 9.97 Å². The zero-order chi connectivity index (χ0) is 18.6. The van der Waals surface area contributed by atoms with E-state index in [1.807, 2.05) is 24.2 Å². The summed E-state index contributed by atoms with van der Waals surface area (Å²) in [5, 5.41) is 3.12. The van der Waals surface area contributed by atoms with Gasteiger partial charge in [-0.2, -0.15) is 0 Å². The lowest BCUT2D eigenvalue weighted by Gasteiger charge is -2.35. The summed E-state index contributed by atoms with van der Waals surface area (Å²) in [6, 6.07) is 4.00. The second kappa shape index (κ2) is 8.00. The molecular weight excluding hydrogens is 340 g/mol. The molecule has 142 valence electrons. The lowest BCUT2D eigenvalue weighted by molar-refractivity contribution is 0.0735. The van der Waals surface area contributed by atoms with Crippen LogP contribution in [0.4, 0.5) is 5.95 Å². The molecule has 1 amide bonds. The summed E-state index contributed by atoms with van der Waals surface area (Å²) in [5.74, 6) is 1.32. The minimum atomic E-state index is 0.120. The highest BCUT2D eigenvalue weighted by Gasteiger charge is 2.36. The molecule has 0 spiro atoms. The van der Waals surface area contributed by atoms with Crippen LogP contribution in [-0.2, 0) is 6.54 Å². The molecule has 1 N–H and O–H groups in total. The maximum absolute atomic E-state index is 12.9. The normalized spacial score (nSPS) is 22.5. The molecule has 3 fully saturated rings. The number of anilines is 1. The Labute approximate surface area is 159 Å². The quantitative estimate of drug-likeness (QED) is 0.873. The molecule has 2 bridgehead atoms. The van der Waals surface area contributed by atoms with E-state index >= 15 is 0 Å². The number of piperidine rings is 1. The van der Waals surface area contributed by atoms with Gasteiger partial charge < -0.3 is 10.2 Å². The Bertz CT molecular complexity index is 766. The highest BCUT2D eigenvalue weighted by molar-refractivity contribution is 5.94. The van der Waals surface area contributed by atoms with Crippen LogP contribution < -0.4 is 5.32 Å². The fourth-order valence-electron chi connectivity index (χ4n) is 4.14. The van der Waals surface area contributed by atoms with Crippen molar-refractivity contribution in [3.63, 3.8) is 0 Å². The Morgan fingerprint density at radius 3 is 2.67 bits per heavy atom. The molecule has 27 heavy (non-hydrogen) atoms. The molecule has 2 aromatic rings. The van der Waals surface area contributed by atoms with Gasteiger partial charge in [-0.05, 0) is 37.8 Å². The van der Waals surface area contributed by atoms with Gasteiger partial charge >= 0.3 is 0 Å². The Hall–Kier alpha value is -2.54. The monoisotopic (exact) mass is 366 g/mol. The van der Waals surface area contributed by atoms with Gasteiger partial charge in [-0.1, -0.05) is 0 Å². The highest BCUT2D eigenvalue weighted by Crippen LogP contribution is 2.29. The predicted molar refractivity (Wildman–Crippen MR) is 103 cm³/mol. The first-order valence-corrected chi connectivity index (χ1v) is 9.71. The molecule has 2 atom stereocenters. The van der Waals surface area contributed by atoms with Gasteiger partial charge in [-0.15, -0.1) is 0 Å². The van der Waals surface area contributed by atoms with Crippen molar-refractivity contribution < 1.29 is 4.79 Å². The molecule has 0 saturated carbocycles. The first kappa shape index (κ1) is 17.9. The van der Waals surface area contributed by atoms with Gasteiger partial charge in [0.05, 0.1) is 0 Å². The molecule has 0 aliphatic carbocycles. The van der Waals surface area contributed by atoms with Crippen molar-refractivity contribution in [2.45, 2.75) is 32.4 Å². The topological polar surface area (TPSA) is 74.2 Å². The summed E-state index contributed by atoms with van der Waals surface area (Å²) in [6.45, 7) is 6.34. The van der Waals surface area contributed by atoms with E-state index in [0.29, 0.717) is 17.9 Å². The second-order valence-corrected chi connectivity index (χ2v) is 7.42. The molecule has 5 heterocycles. The van der Waals surface area contributed by atoms with Crippen LogP contribution >= 0.6 is 0 Å². The number of hydrogen-bond acceptors (Lipinski definition) is 6. The van der Waals surface area contributed by atoms with Crippen molar-refractivity contribution in [1.29, 1.82) is 0 Å². The minimum Gasteiger partial charge on any atom is -0.355 e. The number of aromatic nitrogens is 3. The Morgan fingerprint density at radius 1 is 1.15 bits per heavy atom. The minimum absolute atomic E-state index is 0.120. The number of hydrogen-bond donors (Lipinski definition) is 1. The molecule has 3 aliphatic heterocycles. The van der Waals surface area contributed by atoms with Crippen LogP contribution in [0.1, 0.15) is 35.7 Å².